The number of nitrogens with one attached hydrogen (secondary N) is 5. The number of amidine groups is 1. The zero-order valence-corrected chi connectivity index (χ0v) is 24.9. The molecule has 2 fully saturated rings. The van der Waals surface area contributed by atoms with Crippen molar-refractivity contribution in [1.29, 1.82) is 0 Å². The summed E-state index contributed by atoms with van der Waals surface area (Å²) >= 11 is 0. The summed E-state index contributed by atoms with van der Waals surface area (Å²) in [6.07, 6.45) is 1.70. The van der Waals surface area contributed by atoms with Crippen LogP contribution in [0, 0.1) is 11.6 Å². The molecule has 0 unspecified atom stereocenters. The summed E-state index contributed by atoms with van der Waals surface area (Å²) in [6, 6.07) is 22.2. The number of hydrogen-bond donors (Lipinski definition) is 6. The van der Waals surface area contributed by atoms with Crippen LogP contribution in [0.15, 0.2) is 84.0 Å². The van der Waals surface area contributed by atoms with Crippen molar-refractivity contribution in [3.63, 3.8) is 0 Å². The van der Waals surface area contributed by atoms with E-state index in [1.807, 2.05) is 42.5 Å². The molecule has 1 amide bonds. The van der Waals surface area contributed by atoms with Gasteiger partial charge in [0.1, 0.15) is 23.7 Å². The molecule has 0 saturated carbocycles. The number of carbonyl (C=O) groups is 1. The van der Waals surface area contributed by atoms with E-state index >= 15 is 0 Å². The number of benzene rings is 4. The minimum atomic E-state index is -0.974. The van der Waals surface area contributed by atoms with Crippen molar-refractivity contribution >= 4 is 17.4 Å². The molecule has 236 valence electrons. The van der Waals surface area contributed by atoms with Crippen LogP contribution in [0.2, 0.25) is 0 Å². The van der Waals surface area contributed by atoms with Gasteiger partial charge in [-0.1, -0.05) is 23.7 Å². The van der Waals surface area contributed by atoms with E-state index in [1.54, 1.807) is 23.6 Å². The normalized spacial score (nSPS) is 19.0. The Kier molecular flexibility index (Phi) is 8.57. The zero-order chi connectivity index (χ0) is 31.5. The van der Waals surface area contributed by atoms with E-state index in [0.29, 0.717) is 40.4 Å². The van der Waals surface area contributed by atoms with Crippen LogP contribution in [0.4, 0.5) is 14.5 Å². The number of hydrazone groups is 1. The van der Waals surface area contributed by atoms with Crippen molar-refractivity contribution in [3.05, 3.63) is 102 Å². The molecule has 2 saturated heterocycles. The lowest BCUT2D eigenvalue weighted by Gasteiger charge is -2.19. The van der Waals surface area contributed by atoms with Crippen LogP contribution in [0.1, 0.15) is 28.8 Å². The van der Waals surface area contributed by atoms with Crippen LogP contribution in [0.3, 0.4) is 0 Å². The maximum absolute atomic E-state index is 14.3. The number of anilines is 1. The summed E-state index contributed by atoms with van der Waals surface area (Å²) in [4.78, 5) is 13.6. The van der Waals surface area contributed by atoms with Gasteiger partial charge in [0, 0.05) is 35.5 Å². The van der Waals surface area contributed by atoms with Gasteiger partial charge >= 0.3 is 0 Å². The van der Waals surface area contributed by atoms with Crippen LogP contribution in [0.25, 0.3) is 22.3 Å². The van der Waals surface area contributed by atoms with E-state index in [4.69, 9.17) is 9.47 Å². The number of halogens is 2. The van der Waals surface area contributed by atoms with Gasteiger partial charge in [-0.05, 0) is 97.7 Å². The molecule has 0 bridgehead atoms. The quantitative estimate of drug-likeness (QED) is 0.158. The molecule has 0 spiro atoms. The van der Waals surface area contributed by atoms with Crippen LogP contribution >= 0.6 is 0 Å². The summed E-state index contributed by atoms with van der Waals surface area (Å²) in [6.45, 7) is 3.17. The maximum atomic E-state index is 14.3. The van der Waals surface area contributed by atoms with Crippen molar-refractivity contribution in [2.24, 2.45) is 5.10 Å². The molecule has 2 atom stereocenters. The summed E-state index contributed by atoms with van der Waals surface area (Å²) in [7, 11) is 0. The lowest BCUT2D eigenvalue weighted by Crippen LogP contribution is -2.95. The highest BCUT2D eigenvalue weighted by Crippen LogP contribution is 2.36. The number of carbonyl (C=O) groups excluding carboxylic acids is 1. The first-order chi connectivity index (χ1) is 22.5. The third-order valence-corrected chi connectivity index (χ3v) is 8.25. The van der Waals surface area contributed by atoms with E-state index in [9.17, 15) is 13.6 Å². The Morgan fingerprint density at radius 2 is 1.48 bits per heavy atom. The van der Waals surface area contributed by atoms with E-state index in [2.05, 4.69) is 32.1 Å². The summed E-state index contributed by atoms with van der Waals surface area (Å²) in [5.41, 5.74) is 11.9. The third-order valence-electron chi connectivity index (χ3n) is 8.25. The van der Waals surface area contributed by atoms with Gasteiger partial charge in [-0.2, -0.15) is 11.0 Å². The average molecular weight is 627 g/mol. The van der Waals surface area contributed by atoms with Gasteiger partial charge in [-0.3, -0.25) is 4.79 Å². The average Bonchev–Trinajstić information content (AvgIpc) is 3.89. The van der Waals surface area contributed by atoms with Gasteiger partial charge in [0.2, 0.25) is 0 Å². The molecule has 7 N–H and O–H groups in total. The van der Waals surface area contributed by atoms with Crippen molar-refractivity contribution in [2.45, 2.75) is 25.0 Å². The molecular formula is C34H34F2N7O3+. The van der Waals surface area contributed by atoms with Crippen molar-refractivity contribution in [3.8, 4) is 33.8 Å². The topological polar surface area (TPSA) is 125 Å². The first kappa shape index (κ1) is 29.8. The predicted octanol–water partition coefficient (Wildman–Crippen LogP) is 3.28. The lowest BCUT2D eigenvalue weighted by atomic mass is 10.00. The SMILES string of the molecule is O=C(Nc1ccc(O[C@H]2CCNC2)c(-c2cccc(C3=NNN[NH2+]3)c2)c1)c1ccc(O[C@H]2CCNC2)c(-c2ccc(F)c(F)c2)c1. The second-order valence-electron chi connectivity index (χ2n) is 11.4. The van der Waals surface area contributed by atoms with Crippen LogP contribution in [-0.2, 0) is 0 Å². The molecule has 3 aliphatic heterocycles. The van der Waals surface area contributed by atoms with E-state index in [0.717, 1.165) is 67.1 Å². The smallest absolute Gasteiger partial charge is 0.270 e. The van der Waals surface area contributed by atoms with E-state index in [-0.39, 0.29) is 18.1 Å². The van der Waals surface area contributed by atoms with Gasteiger partial charge in [0.25, 0.3) is 11.7 Å². The third kappa shape index (κ3) is 6.56. The molecule has 3 heterocycles. The van der Waals surface area contributed by atoms with Gasteiger partial charge in [-0.25, -0.2) is 8.78 Å². The van der Waals surface area contributed by atoms with Crippen LogP contribution in [0.5, 0.6) is 11.5 Å². The molecule has 7 rings (SSSR count). The molecule has 46 heavy (non-hydrogen) atoms. The summed E-state index contributed by atoms with van der Waals surface area (Å²) in [5.74, 6) is -0.309. The molecule has 0 radical (unpaired) electrons. The van der Waals surface area contributed by atoms with Crippen LogP contribution in [-0.4, -0.2) is 50.1 Å². The Morgan fingerprint density at radius 3 is 2.15 bits per heavy atom. The first-order valence-corrected chi connectivity index (χ1v) is 15.3. The van der Waals surface area contributed by atoms with Gasteiger partial charge in [0.05, 0.1) is 5.56 Å². The highest BCUT2D eigenvalue weighted by molar-refractivity contribution is 6.05. The number of quaternary nitrogens is 1. The molecule has 0 aromatic heterocycles. The van der Waals surface area contributed by atoms with E-state index in [1.165, 1.54) is 6.07 Å². The molecule has 4 aromatic carbocycles. The number of amides is 1. The number of nitrogens with two attached hydrogens (primary N) is 1. The molecule has 0 aliphatic carbocycles. The van der Waals surface area contributed by atoms with Gasteiger partial charge in [0.15, 0.2) is 11.6 Å². The number of hydrazine groups is 1. The molecule has 10 nitrogen and oxygen atoms in total. The standard InChI is InChI=1S/C34H33F2N7O3/c35-29-7-4-21(16-30(29)36)27-15-23(5-8-31(27)45-25-10-12-37-18-25)34(44)39-24-6-9-32(46-26-11-13-38-19-26)28(17-24)20-2-1-3-22(14-20)33-40-42-43-41-33/h1-9,14-17,25-26,37-38,42-43H,10-13,18-19H2,(H,39,44)(H,40,41)/p+1/t25-,26-/m0/s1. The number of rotatable bonds is 9. The first-order valence-electron chi connectivity index (χ1n) is 15.3. The lowest BCUT2D eigenvalue weighted by molar-refractivity contribution is -0.601. The Balaban J connectivity index is 1.20. The summed E-state index contributed by atoms with van der Waals surface area (Å²) < 4.78 is 40.7. The fraction of sp³-hybridized carbons (Fsp3) is 0.235. The van der Waals surface area contributed by atoms with Gasteiger partial charge < -0.3 is 25.4 Å². The molecule has 3 aliphatic rings. The van der Waals surface area contributed by atoms with Crippen molar-refractivity contribution < 1.29 is 28.5 Å². The molecular weight excluding hydrogens is 592 g/mol. The Morgan fingerprint density at radius 1 is 0.783 bits per heavy atom. The fourth-order valence-corrected chi connectivity index (χ4v) is 5.84. The Hall–Kier alpha value is -4.88. The molecule has 4 aromatic rings. The van der Waals surface area contributed by atoms with Gasteiger partial charge in [-0.15, -0.1) is 5.10 Å². The monoisotopic (exact) mass is 626 g/mol. The number of hydrogen-bond acceptors (Lipinski definition) is 8. The number of ether oxygens (including phenoxy) is 2. The second-order valence-corrected chi connectivity index (χ2v) is 11.4. The number of nitrogens with zero attached hydrogens (tertiary/aromatic N) is 1. The maximum Gasteiger partial charge on any atom is 0.270 e. The molecule has 12 heteroatoms. The predicted molar refractivity (Wildman–Crippen MR) is 170 cm³/mol. The zero-order valence-electron chi connectivity index (χ0n) is 24.9. The highest BCUT2D eigenvalue weighted by Gasteiger charge is 2.22. The van der Waals surface area contributed by atoms with Crippen molar-refractivity contribution in [1.82, 2.24) is 21.7 Å². The second kappa shape index (κ2) is 13.2. The highest BCUT2D eigenvalue weighted by atomic mass is 19.2. The largest absolute Gasteiger partial charge is 0.488 e. The Labute approximate surface area is 264 Å². The minimum Gasteiger partial charge on any atom is -0.488 e. The van der Waals surface area contributed by atoms with Crippen LogP contribution < -0.4 is 41.9 Å². The summed E-state index contributed by atoms with van der Waals surface area (Å²) in [5, 5.41) is 13.9. The fourth-order valence-electron chi connectivity index (χ4n) is 5.84. The van der Waals surface area contributed by atoms with Crippen molar-refractivity contribution in [2.75, 3.05) is 31.5 Å². The Bertz CT molecular complexity index is 1790. The minimum absolute atomic E-state index is 0.0405. The van der Waals surface area contributed by atoms with E-state index < -0.39 is 11.6 Å².